The number of aromatic nitrogens is 1. The van der Waals surface area contributed by atoms with Crippen LogP contribution in [0.4, 0.5) is 5.82 Å². The van der Waals surface area contributed by atoms with Crippen molar-refractivity contribution in [1.82, 2.24) is 9.88 Å². The number of benzene rings is 1. The summed E-state index contributed by atoms with van der Waals surface area (Å²) in [5.41, 5.74) is 1.69. The van der Waals surface area contributed by atoms with Crippen LogP contribution in [0.3, 0.4) is 0 Å². The zero-order chi connectivity index (χ0) is 19.3. The fraction of sp³-hybridized carbons (Fsp3) is 0.409. The number of carbonyl (C=O) groups is 1. The van der Waals surface area contributed by atoms with Gasteiger partial charge in [-0.15, -0.1) is 0 Å². The van der Waals surface area contributed by atoms with E-state index in [1.807, 2.05) is 47.4 Å². The highest BCUT2D eigenvalue weighted by Crippen LogP contribution is 2.34. The van der Waals surface area contributed by atoms with Crippen LogP contribution in [0.25, 0.3) is 0 Å². The van der Waals surface area contributed by atoms with Crippen molar-refractivity contribution in [3.63, 3.8) is 0 Å². The SMILES string of the molecule is N#Cc1ccc(N2C3CCC2CN(C(=O)CCOCc2ccccc2)C3)nc1. The number of nitrogens with zero attached hydrogens (tertiary/aromatic N) is 4. The second kappa shape index (κ2) is 8.41. The molecule has 2 aliphatic heterocycles. The number of nitriles is 1. The molecule has 0 saturated carbocycles. The van der Waals surface area contributed by atoms with Crippen LogP contribution in [0.15, 0.2) is 48.7 Å². The van der Waals surface area contributed by atoms with Gasteiger partial charge in [0.25, 0.3) is 0 Å². The Morgan fingerprint density at radius 3 is 2.54 bits per heavy atom. The highest BCUT2D eigenvalue weighted by Gasteiger charge is 2.41. The van der Waals surface area contributed by atoms with Crippen molar-refractivity contribution >= 4 is 11.7 Å². The third-order valence-corrected chi connectivity index (χ3v) is 5.55. The van der Waals surface area contributed by atoms with Gasteiger partial charge in [-0.1, -0.05) is 30.3 Å². The normalized spacial score (nSPS) is 20.8. The first-order chi connectivity index (χ1) is 13.7. The van der Waals surface area contributed by atoms with Crippen LogP contribution >= 0.6 is 0 Å². The monoisotopic (exact) mass is 376 g/mol. The molecule has 1 aromatic heterocycles. The molecule has 6 heteroatoms. The minimum atomic E-state index is 0.164. The molecule has 2 atom stereocenters. The molecule has 1 amide bonds. The van der Waals surface area contributed by atoms with Crippen LogP contribution in [0.5, 0.6) is 0 Å². The van der Waals surface area contributed by atoms with E-state index in [2.05, 4.69) is 16.0 Å². The summed E-state index contributed by atoms with van der Waals surface area (Å²) in [6.07, 6.45) is 4.18. The summed E-state index contributed by atoms with van der Waals surface area (Å²) in [5.74, 6) is 1.07. The van der Waals surface area contributed by atoms with Gasteiger partial charge in [-0.25, -0.2) is 4.98 Å². The number of likely N-dealkylation sites (tertiary alicyclic amines) is 1. The molecule has 0 N–H and O–H groups in total. The number of ether oxygens (including phenoxy) is 1. The van der Waals surface area contributed by atoms with E-state index in [0.717, 1.165) is 37.3 Å². The molecule has 4 rings (SSSR count). The zero-order valence-corrected chi connectivity index (χ0v) is 15.8. The maximum atomic E-state index is 12.6. The van der Waals surface area contributed by atoms with Gasteiger partial charge in [-0.3, -0.25) is 4.79 Å². The summed E-state index contributed by atoms with van der Waals surface area (Å²) in [7, 11) is 0. The largest absolute Gasteiger partial charge is 0.376 e. The number of piperazine rings is 1. The van der Waals surface area contributed by atoms with Crippen molar-refractivity contribution < 1.29 is 9.53 Å². The Kier molecular flexibility index (Phi) is 5.54. The number of hydrogen-bond acceptors (Lipinski definition) is 5. The van der Waals surface area contributed by atoms with E-state index < -0.39 is 0 Å². The van der Waals surface area contributed by atoms with Crippen molar-refractivity contribution in [3.8, 4) is 6.07 Å². The molecule has 2 fully saturated rings. The van der Waals surface area contributed by atoms with E-state index in [4.69, 9.17) is 10.00 Å². The average Bonchev–Trinajstić information content (AvgIpc) is 3.01. The number of carbonyl (C=O) groups excluding carboxylic acids is 1. The van der Waals surface area contributed by atoms with Gasteiger partial charge in [-0.05, 0) is 30.5 Å². The van der Waals surface area contributed by atoms with Gasteiger partial charge >= 0.3 is 0 Å². The summed E-state index contributed by atoms with van der Waals surface area (Å²) in [5, 5.41) is 8.95. The molecule has 1 aromatic carbocycles. The second-order valence-corrected chi connectivity index (χ2v) is 7.40. The van der Waals surface area contributed by atoms with Crippen LogP contribution < -0.4 is 4.90 Å². The molecule has 2 aromatic rings. The molecule has 28 heavy (non-hydrogen) atoms. The Morgan fingerprint density at radius 1 is 1.14 bits per heavy atom. The minimum absolute atomic E-state index is 0.164. The molecule has 0 spiro atoms. The molecule has 2 saturated heterocycles. The van der Waals surface area contributed by atoms with Crippen LogP contribution in [-0.2, 0) is 16.1 Å². The molecule has 2 aliphatic rings. The first-order valence-corrected chi connectivity index (χ1v) is 9.78. The van der Waals surface area contributed by atoms with Crippen LogP contribution in [0.2, 0.25) is 0 Å². The summed E-state index contributed by atoms with van der Waals surface area (Å²) in [6.45, 7) is 2.45. The van der Waals surface area contributed by atoms with Crippen molar-refractivity contribution in [3.05, 3.63) is 59.8 Å². The van der Waals surface area contributed by atoms with Gasteiger partial charge in [0.2, 0.25) is 5.91 Å². The molecule has 3 heterocycles. The molecule has 0 radical (unpaired) electrons. The van der Waals surface area contributed by atoms with Crippen LogP contribution in [0, 0.1) is 11.3 Å². The lowest BCUT2D eigenvalue weighted by Crippen LogP contribution is -2.55. The smallest absolute Gasteiger partial charge is 0.225 e. The third-order valence-electron chi connectivity index (χ3n) is 5.55. The molecule has 144 valence electrons. The zero-order valence-electron chi connectivity index (χ0n) is 15.8. The van der Waals surface area contributed by atoms with Gasteiger partial charge in [0.1, 0.15) is 11.9 Å². The maximum absolute atomic E-state index is 12.6. The number of fused-ring (bicyclic) bond motifs is 2. The van der Waals surface area contributed by atoms with E-state index in [1.54, 1.807) is 6.20 Å². The Labute approximate surface area is 165 Å². The summed E-state index contributed by atoms with van der Waals surface area (Å²) >= 11 is 0. The van der Waals surface area contributed by atoms with E-state index in [1.165, 1.54) is 0 Å². The maximum Gasteiger partial charge on any atom is 0.225 e. The van der Waals surface area contributed by atoms with Gasteiger partial charge < -0.3 is 14.5 Å². The number of amides is 1. The Hall–Kier alpha value is -2.91. The van der Waals surface area contributed by atoms with Gasteiger partial charge in [0.05, 0.1) is 25.2 Å². The number of anilines is 1. The Bertz CT molecular complexity index is 833. The predicted molar refractivity (Wildman–Crippen MR) is 106 cm³/mol. The standard InChI is InChI=1S/C22H24N4O2/c23-12-18-6-9-21(24-13-18)26-19-7-8-20(26)15-25(14-19)22(27)10-11-28-16-17-4-2-1-3-5-17/h1-6,9,13,19-20H,7-8,10-11,14-16H2. The fourth-order valence-corrected chi connectivity index (χ4v) is 4.17. The quantitative estimate of drug-likeness (QED) is 0.725. The minimum Gasteiger partial charge on any atom is -0.376 e. The first-order valence-electron chi connectivity index (χ1n) is 9.78. The van der Waals surface area contributed by atoms with Gasteiger partial charge in [0, 0.05) is 31.4 Å². The highest BCUT2D eigenvalue weighted by atomic mass is 16.5. The molecule has 0 aliphatic carbocycles. The average molecular weight is 376 g/mol. The molecular formula is C22H24N4O2. The van der Waals surface area contributed by atoms with Crippen molar-refractivity contribution in [1.29, 1.82) is 5.26 Å². The summed E-state index contributed by atoms with van der Waals surface area (Å²) in [4.78, 5) is 21.4. The lowest BCUT2D eigenvalue weighted by molar-refractivity contribution is -0.133. The topological polar surface area (TPSA) is 69.5 Å². The fourth-order valence-electron chi connectivity index (χ4n) is 4.17. The van der Waals surface area contributed by atoms with Crippen LogP contribution in [0.1, 0.15) is 30.4 Å². The Balaban J connectivity index is 1.28. The summed E-state index contributed by atoms with van der Waals surface area (Å²) in [6, 6.07) is 16.4. The molecular weight excluding hydrogens is 352 g/mol. The molecule has 2 bridgehead atoms. The lowest BCUT2D eigenvalue weighted by Gasteiger charge is -2.41. The highest BCUT2D eigenvalue weighted by molar-refractivity contribution is 5.77. The van der Waals surface area contributed by atoms with Gasteiger partial charge in [-0.2, -0.15) is 5.26 Å². The Morgan fingerprint density at radius 2 is 1.89 bits per heavy atom. The second-order valence-electron chi connectivity index (χ2n) is 7.40. The van der Waals surface area contributed by atoms with E-state index >= 15 is 0 Å². The third kappa shape index (κ3) is 4.00. The number of hydrogen-bond donors (Lipinski definition) is 0. The van der Waals surface area contributed by atoms with E-state index in [0.29, 0.717) is 37.3 Å². The molecule has 6 nitrogen and oxygen atoms in total. The van der Waals surface area contributed by atoms with Crippen molar-refractivity contribution in [2.24, 2.45) is 0 Å². The van der Waals surface area contributed by atoms with Crippen LogP contribution in [-0.4, -0.2) is 47.6 Å². The number of rotatable bonds is 6. The van der Waals surface area contributed by atoms with Gasteiger partial charge in [0.15, 0.2) is 0 Å². The lowest BCUT2D eigenvalue weighted by atomic mass is 10.1. The number of pyridine rings is 1. The predicted octanol–water partition coefficient (Wildman–Crippen LogP) is 2.74. The summed E-state index contributed by atoms with van der Waals surface area (Å²) < 4.78 is 5.67. The van der Waals surface area contributed by atoms with E-state index in [-0.39, 0.29) is 5.91 Å². The van der Waals surface area contributed by atoms with Crippen molar-refractivity contribution in [2.45, 2.75) is 38.0 Å². The van der Waals surface area contributed by atoms with Crippen molar-refractivity contribution in [2.75, 3.05) is 24.6 Å². The molecule has 2 unspecified atom stereocenters. The first kappa shape index (κ1) is 18.5. The van der Waals surface area contributed by atoms with E-state index in [9.17, 15) is 4.79 Å².